The Labute approximate surface area is 109 Å². The summed E-state index contributed by atoms with van der Waals surface area (Å²) in [5.41, 5.74) is 0. The molecule has 3 fully saturated rings. The zero-order valence-corrected chi connectivity index (χ0v) is 11.3. The van der Waals surface area contributed by atoms with E-state index in [0.29, 0.717) is 18.1 Å². The van der Waals surface area contributed by atoms with Gasteiger partial charge in [0.05, 0.1) is 6.04 Å². The largest absolute Gasteiger partial charge is 0.352 e. The second kappa shape index (κ2) is 5.17. The molecule has 1 amide bonds. The van der Waals surface area contributed by atoms with Gasteiger partial charge < -0.3 is 15.5 Å². The highest BCUT2D eigenvalue weighted by atomic mass is 16.2. The van der Waals surface area contributed by atoms with Gasteiger partial charge in [-0.3, -0.25) is 4.79 Å². The molecular formula is C14H25N3O. The van der Waals surface area contributed by atoms with Crippen molar-refractivity contribution in [3.8, 4) is 0 Å². The third kappa shape index (κ3) is 2.41. The normalized spacial score (nSPS) is 40.7. The molecule has 0 radical (unpaired) electrons. The first-order valence-electron chi connectivity index (χ1n) is 7.50. The number of nitrogens with zero attached hydrogens (tertiary/aromatic N) is 1. The van der Waals surface area contributed by atoms with Crippen molar-refractivity contribution >= 4 is 5.91 Å². The Morgan fingerprint density at radius 1 is 1.17 bits per heavy atom. The third-order valence-electron chi connectivity index (χ3n) is 5.06. The van der Waals surface area contributed by atoms with Crippen LogP contribution in [-0.4, -0.2) is 48.6 Å². The van der Waals surface area contributed by atoms with Crippen LogP contribution in [0, 0.1) is 0 Å². The van der Waals surface area contributed by atoms with Gasteiger partial charge in [-0.1, -0.05) is 6.42 Å². The highest BCUT2D eigenvalue weighted by molar-refractivity contribution is 5.82. The molecule has 3 atom stereocenters. The van der Waals surface area contributed by atoms with Crippen LogP contribution in [0.3, 0.4) is 0 Å². The number of amides is 1. The van der Waals surface area contributed by atoms with Gasteiger partial charge in [-0.25, -0.2) is 0 Å². The van der Waals surface area contributed by atoms with E-state index in [2.05, 4.69) is 22.6 Å². The fourth-order valence-corrected chi connectivity index (χ4v) is 3.94. The molecule has 4 nitrogen and oxygen atoms in total. The molecule has 3 heterocycles. The van der Waals surface area contributed by atoms with Crippen LogP contribution in [0.1, 0.15) is 44.9 Å². The van der Waals surface area contributed by atoms with Gasteiger partial charge in [0.15, 0.2) is 0 Å². The minimum Gasteiger partial charge on any atom is -0.352 e. The first-order chi connectivity index (χ1) is 8.74. The van der Waals surface area contributed by atoms with Gasteiger partial charge in [0.25, 0.3) is 0 Å². The molecule has 3 aliphatic rings. The van der Waals surface area contributed by atoms with E-state index in [1.54, 1.807) is 0 Å². The minimum atomic E-state index is 0.0736. The van der Waals surface area contributed by atoms with Gasteiger partial charge >= 0.3 is 0 Å². The second-order valence-corrected chi connectivity index (χ2v) is 6.23. The Balaban J connectivity index is 1.55. The van der Waals surface area contributed by atoms with Gasteiger partial charge in [0, 0.05) is 18.1 Å². The molecule has 0 aromatic heterocycles. The zero-order chi connectivity index (χ0) is 12.5. The fraction of sp³-hybridized carbons (Fsp3) is 0.929. The highest BCUT2D eigenvalue weighted by Gasteiger charge is 2.37. The highest BCUT2D eigenvalue weighted by Crippen LogP contribution is 2.32. The number of nitrogens with one attached hydrogen (secondary N) is 2. The number of carbonyl (C=O) groups is 1. The number of carbonyl (C=O) groups excluding carboxylic acids is 1. The quantitative estimate of drug-likeness (QED) is 0.765. The van der Waals surface area contributed by atoms with Crippen molar-refractivity contribution in [1.29, 1.82) is 0 Å². The molecule has 2 bridgehead atoms. The predicted octanol–water partition coefficient (Wildman–Crippen LogP) is 0.870. The van der Waals surface area contributed by atoms with Crippen molar-refractivity contribution in [2.75, 3.05) is 13.6 Å². The monoisotopic (exact) mass is 251 g/mol. The molecular weight excluding hydrogens is 226 g/mol. The number of hydrogen-bond donors (Lipinski definition) is 2. The van der Waals surface area contributed by atoms with Crippen LogP contribution in [0.4, 0.5) is 0 Å². The molecule has 4 heteroatoms. The van der Waals surface area contributed by atoms with E-state index < -0.39 is 0 Å². The first kappa shape index (κ1) is 12.4. The summed E-state index contributed by atoms with van der Waals surface area (Å²) in [4.78, 5) is 14.7. The van der Waals surface area contributed by atoms with Crippen molar-refractivity contribution < 1.29 is 4.79 Å². The van der Waals surface area contributed by atoms with Crippen molar-refractivity contribution in [3.63, 3.8) is 0 Å². The standard InChI is InChI=1S/C14H25N3O/c1-17-11-4-2-5-12(17)9-10(8-11)16-14(18)13-6-3-7-15-13/h10-13,15H,2-9H2,1H3,(H,16,18). The molecule has 102 valence electrons. The van der Waals surface area contributed by atoms with Gasteiger partial charge in [-0.05, 0) is 52.1 Å². The summed E-state index contributed by atoms with van der Waals surface area (Å²) in [6, 6.07) is 1.87. The van der Waals surface area contributed by atoms with Crippen LogP contribution < -0.4 is 10.6 Å². The predicted molar refractivity (Wildman–Crippen MR) is 71.4 cm³/mol. The average molecular weight is 251 g/mol. The summed E-state index contributed by atoms with van der Waals surface area (Å²) in [7, 11) is 2.26. The summed E-state index contributed by atoms with van der Waals surface area (Å²) in [5.74, 6) is 0.236. The van der Waals surface area contributed by atoms with Gasteiger partial charge in [-0.2, -0.15) is 0 Å². The lowest BCUT2D eigenvalue weighted by atomic mass is 9.82. The minimum absolute atomic E-state index is 0.0736. The van der Waals surface area contributed by atoms with Gasteiger partial charge in [0.2, 0.25) is 5.91 Å². The molecule has 18 heavy (non-hydrogen) atoms. The summed E-state index contributed by atoms with van der Waals surface area (Å²) in [6.45, 7) is 0.997. The van der Waals surface area contributed by atoms with Gasteiger partial charge in [-0.15, -0.1) is 0 Å². The van der Waals surface area contributed by atoms with E-state index in [-0.39, 0.29) is 11.9 Å². The summed E-state index contributed by atoms with van der Waals surface area (Å²) < 4.78 is 0. The second-order valence-electron chi connectivity index (χ2n) is 6.23. The maximum absolute atomic E-state index is 12.1. The topological polar surface area (TPSA) is 44.4 Å². The summed E-state index contributed by atoms with van der Waals surface area (Å²) >= 11 is 0. The Bertz CT molecular complexity index is 300. The molecule has 3 saturated heterocycles. The number of fused-ring (bicyclic) bond motifs is 2. The smallest absolute Gasteiger partial charge is 0.237 e. The van der Waals surface area contributed by atoms with Crippen molar-refractivity contribution in [1.82, 2.24) is 15.5 Å². The van der Waals surface area contributed by atoms with Crippen LogP contribution in [0.5, 0.6) is 0 Å². The van der Waals surface area contributed by atoms with Crippen LogP contribution in [0.25, 0.3) is 0 Å². The van der Waals surface area contributed by atoms with E-state index >= 15 is 0 Å². The molecule has 0 aromatic carbocycles. The first-order valence-corrected chi connectivity index (χ1v) is 7.50. The average Bonchev–Trinajstić information content (AvgIpc) is 2.84. The van der Waals surface area contributed by atoms with Crippen molar-refractivity contribution in [2.24, 2.45) is 0 Å². The third-order valence-corrected chi connectivity index (χ3v) is 5.06. The SMILES string of the molecule is CN1C2CCCC1CC(NC(=O)C1CCCN1)C2. The van der Waals surface area contributed by atoms with Crippen LogP contribution in [-0.2, 0) is 4.79 Å². The summed E-state index contributed by atoms with van der Waals surface area (Å²) in [6.07, 6.45) is 8.41. The molecule has 3 unspecified atom stereocenters. The lowest BCUT2D eigenvalue weighted by Crippen LogP contribution is -2.56. The van der Waals surface area contributed by atoms with Crippen LogP contribution in [0.2, 0.25) is 0 Å². The number of rotatable bonds is 2. The lowest BCUT2D eigenvalue weighted by Gasteiger charge is -2.47. The van der Waals surface area contributed by atoms with E-state index in [4.69, 9.17) is 0 Å². The fourth-order valence-electron chi connectivity index (χ4n) is 3.94. The van der Waals surface area contributed by atoms with Gasteiger partial charge in [0.1, 0.15) is 0 Å². The Morgan fingerprint density at radius 2 is 1.89 bits per heavy atom. The lowest BCUT2D eigenvalue weighted by molar-refractivity contribution is -0.124. The molecule has 3 rings (SSSR count). The van der Waals surface area contributed by atoms with E-state index in [1.165, 1.54) is 19.3 Å². The van der Waals surface area contributed by atoms with Crippen LogP contribution >= 0.6 is 0 Å². The molecule has 2 N–H and O–H groups in total. The molecule has 0 aliphatic carbocycles. The van der Waals surface area contributed by atoms with E-state index in [1.807, 2.05) is 0 Å². The summed E-state index contributed by atoms with van der Waals surface area (Å²) in [5, 5.41) is 6.56. The van der Waals surface area contributed by atoms with Crippen LogP contribution in [0.15, 0.2) is 0 Å². The number of hydrogen-bond acceptors (Lipinski definition) is 3. The zero-order valence-electron chi connectivity index (χ0n) is 11.3. The molecule has 0 saturated carbocycles. The maximum atomic E-state index is 12.1. The van der Waals surface area contributed by atoms with Crippen molar-refractivity contribution in [3.05, 3.63) is 0 Å². The molecule has 0 spiro atoms. The van der Waals surface area contributed by atoms with Crippen molar-refractivity contribution in [2.45, 2.75) is 69.1 Å². The maximum Gasteiger partial charge on any atom is 0.237 e. The Kier molecular flexibility index (Phi) is 3.57. The van der Waals surface area contributed by atoms with E-state index in [9.17, 15) is 4.79 Å². The van der Waals surface area contributed by atoms with E-state index in [0.717, 1.165) is 32.2 Å². The Morgan fingerprint density at radius 3 is 2.50 bits per heavy atom. The molecule has 3 aliphatic heterocycles. The number of piperidine rings is 2. The molecule has 0 aromatic rings. The Hall–Kier alpha value is -0.610.